The molecule has 1 aliphatic heterocycles. The van der Waals surface area contributed by atoms with E-state index in [1.54, 1.807) is 24.3 Å². The van der Waals surface area contributed by atoms with Crippen molar-refractivity contribution in [1.82, 2.24) is 5.32 Å². The van der Waals surface area contributed by atoms with Crippen LogP contribution in [0.1, 0.15) is 6.92 Å². The Balaban J connectivity index is 1.50. The molecule has 2 aromatic carbocycles. The summed E-state index contributed by atoms with van der Waals surface area (Å²) >= 11 is 0. The Hall–Kier alpha value is -2.86. The molecule has 2 aromatic rings. The number of amides is 2. The molecule has 1 fully saturated rings. The van der Waals surface area contributed by atoms with Gasteiger partial charge in [0, 0.05) is 23.4 Å². The molecule has 0 saturated carbocycles. The molecule has 0 radical (unpaired) electrons. The first-order valence-electron chi connectivity index (χ1n) is 8.71. The average Bonchev–Trinajstić information content (AvgIpc) is 2.59. The number of carbonyl (C=O) groups excluding carboxylic acids is 2. The van der Waals surface area contributed by atoms with Gasteiger partial charge in [-0.3, -0.25) is 9.59 Å². The second-order valence-electron chi connectivity index (χ2n) is 6.43. The van der Waals surface area contributed by atoms with E-state index in [4.69, 9.17) is 4.74 Å². The molecule has 0 bridgehead atoms. The van der Waals surface area contributed by atoms with Gasteiger partial charge in [0.25, 0.3) is 5.91 Å². The fraction of sp³-hybridized carbons (Fsp3) is 0.300. The van der Waals surface area contributed by atoms with Gasteiger partial charge in [0.1, 0.15) is 5.75 Å². The van der Waals surface area contributed by atoms with E-state index >= 15 is 0 Å². The minimum Gasteiger partial charge on any atom is -0.484 e. The van der Waals surface area contributed by atoms with E-state index in [-0.39, 0.29) is 24.3 Å². The van der Waals surface area contributed by atoms with Crippen LogP contribution in [0.5, 0.6) is 5.75 Å². The molecule has 1 heterocycles. The molecule has 0 aromatic heterocycles. The molecule has 3 rings (SSSR count). The number of benzene rings is 2. The van der Waals surface area contributed by atoms with Crippen LogP contribution in [-0.2, 0) is 9.59 Å². The average molecular weight is 353 g/mol. The Kier molecular flexibility index (Phi) is 5.86. The first kappa shape index (κ1) is 17.9. The molecule has 0 spiro atoms. The molecule has 3 N–H and O–H groups in total. The van der Waals surface area contributed by atoms with E-state index in [0.29, 0.717) is 17.4 Å². The Morgan fingerprint density at radius 2 is 1.81 bits per heavy atom. The van der Waals surface area contributed by atoms with Crippen LogP contribution in [-0.4, -0.2) is 31.5 Å². The zero-order valence-electron chi connectivity index (χ0n) is 14.7. The maximum Gasteiger partial charge on any atom is 0.262 e. The van der Waals surface area contributed by atoms with Crippen molar-refractivity contribution >= 4 is 23.2 Å². The molecule has 6 nitrogen and oxygen atoms in total. The van der Waals surface area contributed by atoms with Crippen LogP contribution in [0.2, 0.25) is 0 Å². The fourth-order valence-corrected chi connectivity index (χ4v) is 2.67. The molecule has 1 atom stereocenters. The second-order valence-corrected chi connectivity index (χ2v) is 6.43. The third-order valence-electron chi connectivity index (χ3n) is 4.46. The van der Waals surface area contributed by atoms with E-state index in [1.165, 1.54) is 0 Å². The predicted molar refractivity (Wildman–Crippen MR) is 101 cm³/mol. The smallest absolute Gasteiger partial charge is 0.262 e. The highest BCUT2D eigenvalue weighted by Crippen LogP contribution is 2.21. The molecule has 0 aliphatic carbocycles. The zero-order chi connectivity index (χ0) is 18.4. The van der Waals surface area contributed by atoms with Crippen LogP contribution in [0.25, 0.3) is 0 Å². The molecule has 1 aliphatic rings. The van der Waals surface area contributed by atoms with Crippen molar-refractivity contribution in [2.24, 2.45) is 11.8 Å². The monoisotopic (exact) mass is 353 g/mol. The Morgan fingerprint density at radius 3 is 2.50 bits per heavy atom. The van der Waals surface area contributed by atoms with Crippen molar-refractivity contribution < 1.29 is 14.3 Å². The van der Waals surface area contributed by atoms with Crippen LogP contribution >= 0.6 is 0 Å². The number of anilines is 2. The van der Waals surface area contributed by atoms with Gasteiger partial charge in [-0.15, -0.1) is 0 Å². The highest BCUT2D eigenvalue weighted by atomic mass is 16.5. The standard InChI is InChI=1S/C20H23N3O3/c1-14(15-11-21-12-15)20(25)23-17-8-5-9-18(10-17)26-13-19(24)22-16-6-3-2-4-7-16/h2-10,14-15,21H,11-13H2,1H3,(H,22,24)(H,23,25). The van der Waals surface area contributed by atoms with Crippen LogP contribution in [0.15, 0.2) is 54.6 Å². The van der Waals surface area contributed by atoms with Crippen LogP contribution in [0, 0.1) is 11.8 Å². The molecule has 1 saturated heterocycles. The lowest BCUT2D eigenvalue weighted by Gasteiger charge is -2.31. The Morgan fingerprint density at radius 1 is 1.08 bits per heavy atom. The summed E-state index contributed by atoms with van der Waals surface area (Å²) in [5.41, 5.74) is 1.39. The Labute approximate surface area is 152 Å². The summed E-state index contributed by atoms with van der Waals surface area (Å²) in [5, 5.41) is 8.85. The SMILES string of the molecule is CC(C(=O)Nc1cccc(OCC(=O)Nc2ccccc2)c1)C1CNC1. The van der Waals surface area contributed by atoms with Gasteiger partial charge in [-0.2, -0.15) is 0 Å². The predicted octanol–water partition coefficient (Wildman–Crippen LogP) is 2.50. The maximum atomic E-state index is 12.3. The van der Waals surface area contributed by atoms with E-state index in [0.717, 1.165) is 18.8 Å². The van der Waals surface area contributed by atoms with Gasteiger partial charge in [-0.05, 0) is 43.3 Å². The van der Waals surface area contributed by atoms with Crippen molar-refractivity contribution in [1.29, 1.82) is 0 Å². The lowest BCUT2D eigenvalue weighted by Crippen LogP contribution is -2.48. The summed E-state index contributed by atoms with van der Waals surface area (Å²) in [5.74, 6) is 0.629. The first-order chi connectivity index (χ1) is 12.6. The molecule has 1 unspecified atom stereocenters. The number of hydrogen-bond acceptors (Lipinski definition) is 4. The molecule has 136 valence electrons. The number of ether oxygens (including phenoxy) is 1. The van der Waals surface area contributed by atoms with Gasteiger partial charge in [-0.1, -0.05) is 31.2 Å². The van der Waals surface area contributed by atoms with Crippen LogP contribution in [0.4, 0.5) is 11.4 Å². The second kappa shape index (κ2) is 8.49. The molecule has 6 heteroatoms. The molecule has 26 heavy (non-hydrogen) atoms. The normalized spacial score (nSPS) is 14.8. The summed E-state index contributed by atoms with van der Waals surface area (Å²) in [6.07, 6.45) is 0. The van der Waals surface area contributed by atoms with E-state index in [9.17, 15) is 9.59 Å². The van der Waals surface area contributed by atoms with Gasteiger partial charge in [0.15, 0.2) is 6.61 Å². The quantitative estimate of drug-likeness (QED) is 0.715. The molecular weight excluding hydrogens is 330 g/mol. The highest BCUT2D eigenvalue weighted by molar-refractivity contribution is 5.93. The fourth-order valence-electron chi connectivity index (χ4n) is 2.67. The zero-order valence-corrected chi connectivity index (χ0v) is 14.7. The van der Waals surface area contributed by atoms with E-state index in [2.05, 4.69) is 16.0 Å². The summed E-state index contributed by atoms with van der Waals surface area (Å²) in [4.78, 5) is 24.2. The lowest BCUT2D eigenvalue weighted by atomic mass is 9.88. The minimum atomic E-state index is -0.239. The third kappa shape index (κ3) is 4.83. The van der Waals surface area contributed by atoms with Crippen molar-refractivity contribution in [3.8, 4) is 5.75 Å². The van der Waals surface area contributed by atoms with Crippen LogP contribution < -0.4 is 20.7 Å². The van der Waals surface area contributed by atoms with Gasteiger partial charge in [0.2, 0.25) is 5.91 Å². The van der Waals surface area contributed by atoms with Gasteiger partial charge < -0.3 is 20.7 Å². The molecular formula is C20H23N3O3. The van der Waals surface area contributed by atoms with Gasteiger partial charge in [-0.25, -0.2) is 0 Å². The van der Waals surface area contributed by atoms with Gasteiger partial charge >= 0.3 is 0 Å². The van der Waals surface area contributed by atoms with Crippen molar-refractivity contribution in [2.75, 3.05) is 30.3 Å². The summed E-state index contributed by atoms with van der Waals surface area (Å²) < 4.78 is 5.53. The summed E-state index contributed by atoms with van der Waals surface area (Å²) in [6, 6.07) is 16.3. The van der Waals surface area contributed by atoms with E-state index < -0.39 is 0 Å². The van der Waals surface area contributed by atoms with E-state index in [1.807, 2.05) is 37.3 Å². The minimum absolute atomic E-state index is 0.00419. The van der Waals surface area contributed by atoms with Crippen LogP contribution in [0.3, 0.4) is 0 Å². The summed E-state index contributed by atoms with van der Waals surface area (Å²) in [7, 11) is 0. The molecule has 2 amide bonds. The highest BCUT2D eigenvalue weighted by Gasteiger charge is 2.28. The largest absolute Gasteiger partial charge is 0.484 e. The Bertz CT molecular complexity index is 760. The number of nitrogens with one attached hydrogen (secondary N) is 3. The maximum absolute atomic E-state index is 12.3. The van der Waals surface area contributed by atoms with Crippen molar-refractivity contribution in [3.63, 3.8) is 0 Å². The number of carbonyl (C=O) groups is 2. The van der Waals surface area contributed by atoms with Gasteiger partial charge in [0.05, 0.1) is 0 Å². The number of para-hydroxylation sites is 1. The third-order valence-corrected chi connectivity index (χ3v) is 4.46. The first-order valence-corrected chi connectivity index (χ1v) is 8.71. The number of rotatable bonds is 7. The summed E-state index contributed by atoms with van der Waals surface area (Å²) in [6.45, 7) is 3.61. The van der Waals surface area contributed by atoms with Crippen molar-refractivity contribution in [3.05, 3.63) is 54.6 Å². The topological polar surface area (TPSA) is 79.5 Å². The lowest BCUT2D eigenvalue weighted by molar-refractivity contribution is -0.121. The van der Waals surface area contributed by atoms with Crippen molar-refractivity contribution in [2.45, 2.75) is 6.92 Å². The number of hydrogen-bond donors (Lipinski definition) is 3.